The van der Waals surface area contributed by atoms with Gasteiger partial charge in [-0.25, -0.2) is 8.78 Å². The van der Waals surface area contributed by atoms with Crippen molar-refractivity contribution in [1.29, 1.82) is 0 Å². The van der Waals surface area contributed by atoms with E-state index >= 15 is 0 Å². The lowest BCUT2D eigenvalue weighted by atomic mass is 9.78. The number of hydrogen-bond donors (Lipinski definition) is 0. The first-order valence-corrected chi connectivity index (χ1v) is 8.88. The van der Waals surface area contributed by atoms with Gasteiger partial charge >= 0.3 is 0 Å². The molecule has 0 spiro atoms. The van der Waals surface area contributed by atoms with Gasteiger partial charge in [0, 0.05) is 6.04 Å². The van der Waals surface area contributed by atoms with Crippen molar-refractivity contribution in [2.24, 2.45) is 11.8 Å². The van der Waals surface area contributed by atoms with E-state index in [0.29, 0.717) is 5.92 Å². The van der Waals surface area contributed by atoms with E-state index in [-0.39, 0.29) is 17.2 Å². The zero-order chi connectivity index (χ0) is 20.4. The van der Waals surface area contributed by atoms with E-state index < -0.39 is 29.8 Å². The minimum Gasteiger partial charge on any atom is -0.207 e. The molecule has 1 saturated carbocycles. The fourth-order valence-electron chi connectivity index (χ4n) is 3.61. The van der Waals surface area contributed by atoms with Gasteiger partial charge in [0.1, 0.15) is 11.6 Å². The molecular weight excluding hydrogens is 302 g/mol. The second-order valence-electron chi connectivity index (χ2n) is 6.82. The second-order valence-corrected chi connectivity index (χ2v) is 6.82. The van der Waals surface area contributed by atoms with Crippen LogP contribution in [-0.4, -0.2) is 0 Å². The smallest absolute Gasteiger partial charge is 0.126 e. The number of hydrogen-bond acceptors (Lipinski definition) is 0. The Bertz CT molecular complexity index is 829. The normalized spacial score (nSPS) is 23.3. The van der Waals surface area contributed by atoms with Crippen LogP contribution in [0.25, 0.3) is 11.1 Å². The Morgan fingerprint density at radius 1 is 0.917 bits per heavy atom. The van der Waals surface area contributed by atoms with Crippen LogP contribution >= 0.6 is 0 Å². The summed E-state index contributed by atoms with van der Waals surface area (Å²) in [4.78, 5) is 0. The van der Waals surface area contributed by atoms with E-state index in [9.17, 15) is 8.78 Å². The van der Waals surface area contributed by atoms with Crippen molar-refractivity contribution in [3.63, 3.8) is 0 Å². The highest BCUT2D eigenvalue weighted by atomic mass is 19.1. The zero-order valence-corrected chi connectivity index (χ0v) is 14.1. The largest absolute Gasteiger partial charge is 0.207 e. The van der Waals surface area contributed by atoms with E-state index in [2.05, 4.69) is 6.92 Å². The number of rotatable bonds is 5. The molecule has 0 amide bonds. The maximum absolute atomic E-state index is 13.9. The Morgan fingerprint density at radius 3 is 2.21 bits per heavy atom. The van der Waals surface area contributed by atoms with Crippen LogP contribution in [0.15, 0.2) is 42.4 Å². The Labute approximate surface area is 149 Å². The first-order valence-electron chi connectivity index (χ1n) is 10.9. The molecule has 0 heterocycles. The van der Waals surface area contributed by atoms with E-state index in [4.69, 9.17) is 5.48 Å². The molecular formula is C22H26F2. The van der Waals surface area contributed by atoms with Crippen LogP contribution in [0.5, 0.6) is 0 Å². The third-order valence-corrected chi connectivity index (χ3v) is 5.22. The standard InChI is InChI=1S/C22H26F2/c1-2-16-3-5-17(6-4-16)7-8-18-9-11-19(12-10-18)20-13-21(23)15-22(24)14-20/h9-17H,2-8H2,1H3/i11D,13D,14D,15D. The van der Waals surface area contributed by atoms with Crippen molar-refractivity contribution in [3.05, 3.63) is 59.6 Å². The molecule has 2 heteroatoms. The molecule has 128 valence electrons. The molecule has 0 N–H and O–H groups in total. The molecule has 24 heavy (non-hydrogen) atoms. The predicted octanol–water partition coefficient (Wildman–Crippen LogP) is 6.78. The third kappa shape index (κ3) is 4.43. The molecule has 0 aliphatic heterocycles. The predicted molar refractivity (Wildman–Crippen MR) is 95.9 cm³/mol. The Balaban J connectivity index is 1.77. The molecule has 0 bridgehead atoms. The lowest BCUT2D eigenvalue weighted by Crippen LogP contribution is -2.14. The van der Waals surface area contributed by atoms with E-state index in [0.717, 1.165) is 24.3 Å². The SMILES string of the molecule is [2H]c1cc(CCC2CCC(CC)CC2)ccc1-c1c([2H])c(F)c([2H])c(F)c1[2H]. The van der Waals surface area contributed by atoms with Gasteiger partial charge in [-0.3, -0.25) is 0 Å². The van der Waals surface area contributed by atoms with Gasteiger partial charge in [-0.15, -0.1) is 0 Å². The molecule has 1 aliphatic carbocycles. The Morgan fingerprint density at radius 2 is 1.58 bits per heavy atom. The van der Waals surface area contributed by atoms with Crippen LogP contribution < -0.4 is 0 Å². The summed E-state index contributed by atoms with van der Waals surface area (Å²) in [7, 11) is 0. The van der Waals surface area contributed by atoms with Gasteiger partial charge in [0.05, 0.1) is 5.48 Å². The van der Waals surface area contributed by atoms with E-state index in [1.165, 1.54) is 32.1 Å². The van der Waals surface area contributed by atoms with Crippen molar-refractivity contribution in [2.45, 2.75) is 51.9 Å². The average molecular weight is 332 g/mol. The fourth-order valence-corrected chi connectivity index (χ4v) is 3.61. The summed E-state index contributed by atoms with van der Waals surface area (Å²) in [6.07, 6.45) is 8.29. The molecule has 1 aliphatic rings. The van der Waals surface area contributed by atoms with Crippen LogP contribution in [-0.2, 0) is 6.42 Å². The van der Waals surface area contributed by atoms with Gasteiger partial charge in [-0.2, -0.15) is 0 Å². The highest BCUT2D eigenvalue weighted by molar-refractivity contribution is 5.63. The zero-order valence-electron chi connectivity index (χ0n) is 18.1. The van der Waals surface area contributed by atoms with Crippen molar-refractivity contribution in [2.75, 3.05) is 0 Å². The van der Waals surface area contributed by atoms with Crippen LogP contribution in [0.2, 0.25) is 0 Å². The maximum atomic E-state index is 13.9. The molecule has 1 fully saturated rings. The molecule has 0 unspecified atom stereocenters. The molecule has 3 rings (SSSR count). The highest BCUT2D eigenvalue weighted by Crippen LogP contribution is 2.33. The van der Waals surface area contributed by atoms with Crippen LogP contribution in [0.3, 0.4) is 0 Å². The van der Waals surface area contributed by atoms with Crippen LogP contribution in [0.4, 0.5) is 8.78 Å². The second kappa shape index (κ2) is 7.92. The Kier molecular flexibility index (Phi) is 4.17. The van der Waals surface area contributed by atoms with Crippen molar-refractivity contribution < 1.29 is 14.3 Å². The maximum Gasteiger partial charge on any atom is 0.126 e. The number of benzene rings is 2. The summed E-state index contributed by atoms with van der Waals surface area (Å²) in [5, 5.41) is 0. The van der Waals surface area contributed by atoms with Gasteiger partial charge in [0.25, 0.3) is 0 Å². The minimum absolute atomic E-state index is 0.0470. The van der Waals surface area contributed by atoms with Gasteiger partial charge in [0.2, 0.25) is 0 Å². The van der Waals surface area contributed by atoms with Crippen LogP contribution in [0.1, 0.15) is 56.5 Å². The van der Waals surface area contributed by atoms with Crippen LogP contribution in [0, 0.1) is 23.5 Å². The molecule has 0 nitrogen and oxygen atoms in total. The average Bonchev–Trinajstić information content (AvgIpc) is 2.71. The summed E-state index contributed by atoms with van der Waals surface area (Å²) in [6.45, 7) is 2.25. The van der Waals surface area contributed by atoms with Crippen molar-refractivity contribution in [3.8, 4) is 11.1 Å². The molecule has 0 saturated heterocycles. The van der Waals surface area contributed by atoms with Gasteiger partial charge < -0.3 is 0 Å². The summed E-state index contributed by atoms with van der Waals surface area (Å²) >= 11 is 0. The highest BCUT2D eigenvalue weighted by Gasteiger charge is 2.19. The van der Waals surface area contributed by atoms with Gasteiger partial charge in [0.15, 0.2) is 0 Å². The van der Waals surface area contributed by atoms with E-state index in [1.54, 1.807) is 12.1 Å². The summed E-state index contributed by atoms with van der Waals surface area (Å²) < 4.78 is 59.2. The molecule has 2 aromatic carbocycles. The molecule has 0 aromatic heterocycles. The third-order valence-electron chi connectivity index (χ3n) is 5.22. The fraction of sp³-hybridized carbons (Fsp3) is 0.455. The summed E-state index contributed by atoms with van der Waals surface area (Å²) in [5.41, 5.74) is 0.878. The van der Waals surface area contributed by atoms with Crippen molar-refractivity contribution >= 4 is 0 Å². The molecule has 0 radical (unpaired) electrons. The lowest BCUT2D eigenvalue weighted by molar-refractivity contribution is 0.259. The molecule has 2 aromatic rings. The quantitative estimate of drug-likeness (QED) is 0.566. The Hall–Kier alpha value is -1.70. The van der Waals surface area contributed by atoms with Gasteiger partial charge in [-0.05, 0) is 53.5 Å². The van der Waals surface area contributed by atoms with Gasteiger partial charge in [-0.1, -0.05) is 63.3 Å². The minimum atomic E-state index is -1.30. The van der Waals surface area contributed by atoms with Crippen molar-refractivity contribution in [1.82, 2.24) is 0 Å². The van der Waals surface area contributed by atoms with E-state index in [1.807, 2.05) is 6.07 Å². The monoisotopic (exact) mass is 332 g/mol. The lowest BCUT2D eigenvalue weighted by Gasteiger charge is -2.27. The molecule has 0 atom stereocenters. The number of halogens is 2. The number of aryl methyl sites for hydroxylation is 1. The summed E-state index contributed by atoms with van der Waals surface area (Å²) in [6, 6.07) is 2.62. The topological polar surface area (TPSA) is 0 Å². The first-order chi connectivity index (χ1) is 13.3. The first kappa shape index (κ1) is 12.6. The summed E-state index contributed by atoms with van der Waals surface area (Å²) in [5.74, 6) is -1.02.